The highest BCUT2D eigenvalue weighted by atomic mass is 16.4. The topological polar surface area (TPSA) is 66.4 Å². The molecule has 1 aromatic rings. The zero-order valence-electron chi connectivity index (χ0n) is 9.15. The number of aliphatic carboxylic acids is 1. The van der Waals surface area contributed by atoms with Gasteiger partial charge < -0.3 is 10.4 Å². The molecule has 1 aromatic carbocycles. The number of hydrogen-bond acceptors (Lipinski definition) is 2. The monoisotopic (exact) mass is 219 g/mol. The Balaban J connectivity index is 2.73. The van der Waals surface area contributed by atoms with Crippen LogP contribution in [0.5, 0.6) is 0 Å². The van der Waals surface area contributed by atoms with Crippen LogP contribution in [0.25, 0.3) is 0 Å². The van der Waals surface area contributed by atoms with Crippen LogP contribution < -0.4 is 5.32 Å². The molecule has 0 unspecified atom stereocenters. The second kappa shape index (κ2) is 5.11. The van der Waals surface area contributed by atoms with E-state index in [9.17, 15) is 9.59 Å². The summed E-state index contributed by atoms with van der Waals surface area (Å²) >= 11 is 0. The zero-order valence-corrected chi connectivity index (χ0v) is 9.15. The summed E-state index contributed by atoms with van der Waals surface area (Å²) in [5, 5.41) is 11.0. The van der Waals surface area contributed by atoms with Gasteiger partial charge in [-0.15, -0.1) is 0 Å². The molecule has 84 valence electrons. The average Bonchev–Trinajstić information content (AvgIpc) is 2.19. The van der Waals surface area contributed by atoms with Gasteiger partial charge in [0.1, 0.15) is 0 Å². The van der Waals surface area contributed by atoms with Crippen LogP contribution in [0.2, 0.25) is 0 Å². The molecular formula is C12H13NO3. The molecule has 0 bridgehead atoms. The molecule has 1 amide bonds. The smallest absolute Gasteiger partial charge is 0.328 e. The van der Waals surface area contributed by atoms with Crippen molar-refractivity contribution in [2.45, 2.75) is 13.8 Å². The van der Waals surface area contributed by atoms with E-state index < -0.39 is 11.9 Å². The fourth-order valence-electron chi connectivity index (χ4n) is 1.28. The molecule has 0 aliphatic rings. The zero-order chi connectivity index (χ0) is 12.1. The van der Waals surface area contributed by atoms with Gasteiger partial charge in [-0.3, -0.25) is 4.79 Å². The Hall–Kier alpha value is -2.10. The standard InChI is InChI=1S/C12H13NO3/c1-8-3-4-10(9(2)7-8)13-11(14)5-6-12(15)16/h3-7H,1-2H3,(H,13,14)(H,15,16). The minimum absolute atomic E-state index is 0.450. The number of hydrogen-bond donors (Lipinski definition) is 2. The first kappa shape index (κ1) is 12.0. The number of carbonyl (C=O) groups is 2. The Morgan fingerprint density at radius 1 is 1.25 bits per heavy atom. The first-order chi connectivity index (χ1) is 7.49. The summed E-state index contributed by atoms with van der Waals surface area (Å²) in [7, 11) is 0. The van der Waals surface area contributed by atoms with E-state index in [1.165, 1.54) is 0 Å². The second-order valence-corrected chi connectivity index (χ2v) is 3.48. The maximum Gasteiger partial charge on any atom is 0.328 e. The van der Waals surface area contributed by atoms with Crippen molar-refractivity contribution in [2.75, 3.05) is 5.32 Å². The van der Waals surface area contributed by atoms with E-state index in [1.54, 1.807) is 6.07 Å². The van der Waals surface area contributed by atoms with Crippen LogP contribution in [-0.4, -0.2) is 17.0 Å². The number of amides is 1. The SMILES string of the molecule is Cc1ccc(NC(=O)C=CC(=O)O)c(C)c1. The third-order valence-corrected chi connectivity index (χ3v) is 2.02. The van der Waals surface area contributed by atoms with Gasteiger partial charge in [0.05, 0.1) is 0 Å². The first-order valence-electron chi connectivity index (χ1n) is 4.78. The molecule has 0 aromatic heterocycles. The highest BCUT2D eigenvalue weighted by Crippen LogP contribution is 2.15. The molecule has 0 heterocycles. The van der Waals surface area contributed by atoms with Gasteiger partial charge in [-0.2, -0.15) is 0 Å². The molecule has 2 N–H and O–H groups in total. The fraction of sp³-hybridized carbons (Fsp3) is 0.167. The van der Waals surface area contributed by atoms with Crippen molar-refractivity contribution in [1.29, 1.82) is 0 Å². The van der Waals surface area contributed by atoms with Crippen LogP contribution >= 0.6 is 0 Å². The number of benzene rings is 1. The molecule has 0 atom stereocenters. The summed E-state index contributed by atoms with van der Waals surface area (Å²) in [6.07, 6.45) is 1.79. The summed E-state index contributed by atoms with van der Waals surface area (Å²) < 4.78 is 0. The molecule has 0 saturated heterocycles. The van der Waals surface area contributed by atoms with Crippen molar-refractivity contribution in [3.8, 4) is 0 Å². The molecule has 4 nitrogen and oxygen atoms in total. The normalized spacial score (nSPS) is 10.4. The highest BCUT2D eigenvalue weighted by Gasteiger charge is 2.01. The molecular weight excluding hydrogens is 206 g/mol. The lowest BCUT2D eigenvalue weighted by Gasteiger charge is -2.06. The molecule has 0 spiro atoms. The summed E-state index contributed by atoms with van der Waals surface area (Å²) in [6, 6.07) is 5.61. The number of carboxylic acid groups (broad SMARTS) is 1. The van der Waals surface area contributed by atoms with Gasteiger partial charge in [-0.25, -0.2) is 4.79 Å². The van der Waals surface area contributed by atoms with Crippen LogP contribution in [0.3, 0.4) is 0 Å². The summed E-state index contributed by atoms with van der Waals surface area (Å²) in [4.78, 5) is 21.5. The molecule has 4 heteroatoms. The molecule has 0 radical (unpaired) electrons. The highest BCUT2D eigenvalue weighted by molar-refractivity contribution is 6.02. The van der Waals surface area contributed by atoms with Gasteiger partial charge in [-0.1, -0.05) is 17.7 Å². The summed E-state index contributed by atoms with van der Waals surface area (Å²) in [5.41, 5.74) is 2.74. The number of nitrogens with one attached hydrogen (secondary N) is 1. The quantitative estimate of drug-likeness (QED) is 0.763. The minimum Gasteiger partial charge on any atom is -0.478 e. The van der Waals surface area contributed by atoms with E-state index >= 15 is 0 Å². The van der Waals surface area contributed by atoms with Gasteiger partial charge in [0.2, 0.25) is 5.91 Å². The minimum atomic E-state index is -1.14. The predicted octanol–water partition coefficient (Wildman–Crippen LogP) is 1.88. The van der Waals surface area contributed by atoms with Crippen LogP contribution in [0.1, 0.15) is 11.1 Å². The molecule has 1 rings (SSSR count). The van der Waals surface area contributed by atoms with Crippen molar-refractivity contribution in [3.05, 3.63) is 41.5 Å². The van der Waals surface area contributed by atoms with Gasteiger partial charge in [-0.05, 0) is 25.5 Å². The molecule has 0 fully saturated rings. The lowest BCUT2D eigenvalue weighted by Crippen LogP contribution is -2.09. The number of anilines is 1. The Bertz CT molecular complexity index is 450. The molecule has 0 saturated carbocycles. The van der Waals surface area contributed by atoms with Crippen molar-refractivity contribution in [1.82, 2.24) is 0 Å². The Morgan fingerprint density at radius 2 is 1.94 bits per heavy atom. The van der Waals surface area contributed by atoms with E-state index in [-0.39, 0.29) is 0 Å². The maximum absolute atomic E-state index is 11.3. The van der Waals surface area contributed by atoms with Crippen LogP contribution in [0.4, 0.5) is 5.69 Å². The molecule has 0 aliphatic carbocycles. The van der Waals surface area contributed by atoms with Gasteiger partial charge in [0, 0.05) is 17.8 Å². The van der Waals surface area contributed by atoms with Crippen LogP contribution in [0, 0.1) is 13.8 Å². The van der Waals surface area contributed by atoms with E-state index in [0.29, 0.717) is 5.69 Å². The van der Waals surface area contributed by atoms with Crippen molar-refractivity contribution < 1.29 is 14.7 Å². The lowest BCUT2D eigenvalue weighted by atomic mass is 10.1. The van der Waals surface area contributed by atoms with Gasteiger partial charge >= 0.3 is 5.97 Å². The Kier molecular flexibility index (Phi) is 3.83. The third kappa shape index (κ3) is 3.57. The maximum atomic E-state index is 11.3. The number of rotatable bonds is 3. The van der Waals surface area contributed by atoms with E-state index in [2.05, 4.69) is 5.32 Å². The number of carboxylic acids is 1. The largest absolute Gasteiger partial charge is 0.478 e. The molecule has 0 aliphatic heterocycles. The summed E-state index contributed by atoms with van der Waals surface area (Å²) in [6.45, 7) is 3.84. The average molecular weight is 219 g/mol. The van der Waals surface area contributed by atoms with E-state index in [1.807, 2.05) is 26.0 Å². The fourth-order valence-corrected chi connectivity index (χ4v) is 1.28. The number of aryl methyl sites for hydroxylation is 2. The lowest BCUT2D eigenvalue weighted by molar-refractivity contribution is -0.131. The third-order valence-electron chi connectivity index (χ3n) is 2.02. The van der Waals surface area contributed by atoms with Gasteiger partial charge in [0.15, 0.2) is 0 Å². The Labute approximate surface area is 93.6 Å². The van der Waals surface area contributed by atoms with Crippen molar-refractivity contribution >= 4 is 17.6 Å². The van der Waals surface area contributed by atoms with E-state index in [4.69, 9.17) is 5.11 Å². The predicted molar refractivity (Wildman–Crippen MR) is 61.3 cm³/mol. The van der Waals surface area contributed by atoms with Crippen molar-refractivity contribution in [2.24, 2.45) is 0 Å². The van der Waals surface area contributed by atoms with Crippen LogP contribution in [0.15, 0.2) is 30.4 Å². The molecule has 16 heavy (non-hydrogen) atoms. The van der Waals surface area contributed by atoms with Gasteiger partial charge in [0.25, 0.3) is 0 Å². The Morgan fingerprint density at radius 3 is 2.50 bits per heavy atom. The summed E-state index contributed by atoms with van der Waals surface area (Å²) in [5.74, 6) is -1.59. The second-order valence-electron chi connectivity index (χ2n) is 3.48. The van der Waals surface area contributed by atoms with Crippen LogP contribution in [-0.2, 0) is 9.59 Å². The van der Waals surface area contributed by atoms with Crippen molar-refractivity contribution in [3.63, 3.8) is 0 Å². The number of carbonyl (C=O) groups excluding carboxylic acids is 1. The van der Waals surface area contributed by atoms with E-state index in [0.717, 1.165) is 23.3 Å². The first-order valence-corrected chi connectivity index (χ1v) is 4.78.